The molecule has 136 valence electrons. The van der Waals surface area contributed by atoms with E-state index in [1.54, 1.807) is 0 Å². The number of rotatable bonds is 6. The molecular weight excluding hydrogens is 298 g/mol. The van der Waals surface area contributed by atoms with Gasteiger partial charge < -0.3 is 10.6 Å². The zero-order valence-corrected chi connectivity index (χ0v) is 15.9. The van der Waals surface area contributed by atoms with Crippen LogP contribution in [0.3, 0.4) is 0 Å². The zero-order valence-electron chi connectivity index (χ0n) is 15.9. The fourth-order valence-electron chi connectivity index (χ4n) is 4.76. The van der Waals surface area contributed by atoms with Crippen LogP contribution in [-0.2, 0) is 6.54 Å². The Morgan fingerprint density at radius 1 is 1.33 bits per heavy atom. The van der Waals surface area contributed by atoms with E-state index >= 15 is 0 Å². The number of nitrogens with one attached hydrogen (secondary N) is 3. The first-order chi connectivity index (χ1) is 11.4. The summed E-state index contributed by atoms with van der Waals surface area (Å²) < 4.78 is 0. The molecular formula is C19H35N5. The van der Waals surface area contributed by atoms with Crippen molar-refractivity contribution in [2.24, 2.45) is 5.41 Å². The van der Waals surface area contributed by atoms with Gasteiger partial charge in [0.1, 0.15) is 0 Å². The third-order valence-electron chi connectivity index (χ3n) is 6.06. The van der Waals surface area contributed by atoms with Crippen molar-refractivity contribution in [2.45, 2.75) is 64.0 Å². The van der Waals surface area contributed by atoms with E-state index in [2.05, 4.69) is 52.8 Å². The summed E-state index contributed by atoms with van der Waals surface area (Å²) in [5.41, 5.74) is 3.64. The lowest BCUT2D eigenvalue weighted by Crippen LogP contribution is -2.42. The molecule has 2 aliphatic rings. The third-order valence-corrected chi connectivity index (χ3v) is 6.06. The molecule has 3 rings (SSSR count). The number of hydrogen-bond acceptors (Lipinski definition) is 4. The first kappa shape index (κ1) is 17.9. The first-order valence-electron chi connectivity index (χ1n) is 9.53. The van der Waals surface area contributed by atoms with Gasteiger partial charge in [-0.25, -0.2) is 0 Å². The van der Waals surface area contributed by atoms with E-state index in [-0.39, 0.29) is 0 Å². The van der Waals surface area contributed by atoms with Gasteiger partial charge in [0.2, 0.25) is 0 Å². The molecule has 5 heteroatoms. The first-order valence-corrected chi connectivity index (χ1v) is 9.53. The van der Waals surface area contributed by atoms with Gasteiger partial charge in [-0.05, 0) is 63.1 Å². The van der Waals surface area contributed by atoms with Crippen molar-refractivity contribution in [2.75, 3.05) is 33.7 Å². The Bertz CT molecular complexity index is 528. The number of aromatic amines is 1. The second kappa shape index (κ2) is 7.14. The molecule has 1 aromatic heterocycles. The summed E-state index contributed by atoms with van der Waals surface area (Å²) in [6.45, 7) is 9.01. The Morgan fingerprint density at radius 2 is 2.08 bits per heavy atom. The van der Waals surface area contributed by atoms with Crippen LogP contribution in [0, 0.1) is 5.41 Å². The summed E-state index contributed by atoms with van der Waals surface area (Å²) in [6.07, 6.45) is 8.60. The molecule has 0 aromatic carbocycles. The number of aromatic nitrogens is 2. The number of hydrogen-bond donors (Lipinski definition) is 3. The molecule has 1 aromatic rings. The molecule has 1 spiro atoms. The topological polar surface area (TPSA) is 56.0 Å². The van der Waals surface area contributed by atoms with Gasteiger partial charge in [0, 0.05) is 31.7 Å². The van der Waals surface area contributed by atoms with Crippen LogP contribution in [0.2, 0.25) is 0 Å². The highest BCUT2D eigenvalue weighted by molar-refractivity contribution is 5.23. The fraction of sp³-hybridized carbons (Fsp3) is 0.842. The van der Waals surface area contributed by atoms with Crippen LogP contribution >= 0.6 is 0 Å². The maximum absolute atomic E-state index is 4.36. The Morgan fingerprint density at radius 3 is 2.71 bits per heavy atom. The summed E-state index contributed by atoms with van der Waals surface area (Å²) in [4.78, 5) is 2.36. The molecule has 0 amide bonds. The minimum absolute atomic E-state index is 0.410. The molecule has 3 N–H and O–H groups in total. The number of nitrogens with zero attached hydrogens (tertiary/aromatic N) is 2. The molecule has 1 aliphatic heterocycles. The Balaban J connectivity index is 1.58. The van der Waals surface area contributed by atoms with E-state index in [1.807, 2.05) is 7.05 Å². The molecule has 1 aliphatic carbocycles. The predicted molar refractivity (Wildman–Crippen MR) is 99.2 cm³/mol. The van der Waals surface area contributed by atoms with E-state index in [1.165, 1.54) is 49.9 Å². The van der Waals surface area contributed by atoms with Gasteiger partial charge in [0.05, 0.1) is 11.9 Å². The highest BCUT2D eigenvalue weighted by Gasteiger charge is 2.45. The Kier molecular flexibility index (Phi) is 5.33. The molecule has 1 saturated heterocycles. The lowest BCUT2D eigenvalue weighted by atomic mass is 9.71. The summed E-state index contributed by atoms with van der Waals surface area (Å²) in [5, 5.41) is 14.7. The molecule has 24 heavy (non-hydrogen) atoms. The van der Waals surface area contributed by atoms with Gasteiger partial charge in [0.25, 0.3) is 0 Å². The SMILES string of the molecule is CNCCN(C)Cc1[nH]ncc1C1CCC2(CC1)CC(C)(C)CN2. The van der Waals surface area contributed by atoms with E-state index in [0.29, 0.717) is 16.9 Å². The summed E-state index contributed by atoms with van der Waals surface area (Å²) >= 11 is 0. The van der Waals surface area contributed by atoms with Crippen molar-refractivity contribution in [1.82, 2.24) is 25.7 Å². The Labute approximate surface area is 147 Å². The molecule has 1 saturated carbocycles. The van der Waals surface area contributed by atoms with Crippen LogP contribution in [0.25, 0.3) is 0 Å². The molecule has 0 unspecified atom stereocenters. The zero-order chi connectivity index (χ0) is 17.2. The van der Waals surface area contributed by atoms with E-state index < -0.39 is 0 Å². The average molecular weight is 334 g/mol. The van der Waals surface area contributed by atoms with Crippen LogP contribution in [0.15, 0.2) is 6.20 Å². The highest BCUT2D eigenvalue weighted by Crippen LogP contribution is 2.46. The van der Waals surface area contributed by atoms with E-state index in [9.17, 15) is 0 Å². The highest BCUT2D eigenvalue weighted by atomic mass is 15.2. The predicted octanol–water partition coefficient (Wildman–Crippen LogP) is 2.48. The molecule has 5 nitrogen and oxygen atoms in total. The third kappa shape index (κ3) is 4.01. The van der Waals surface area contributed by atoms with Gasteiger partial charge in [-0.15, -0.1) is 0 Å². The standard InChI is InChI=1S/C19H35N5/c1-18(2)13-19(21-14-18)7-5-15(6-8-19)16-11-22-23-17(16)12-24(4)10-9-20-3/h11,15,20-21H,5-10,12-14H2,1-4H3,(H,22,23). The second-order valence-electron chi connectivity index (χ2n) is 8.89. The molecule has 2 heterocycles. The van der Waals surface area contributed by atoms with Crippen molar-refractivity contribution in [1.29, 1.82) is 0 Å². The van der Waals surface area contributed by atoms with Gasteiger partial charge >= 0.3 is 0 Å². The minimum Gasteiger partial charge on any atom is -0.318 e. The molecule has 0 atom stereocenters. The largest absolute Gasteiger partial charge is 0.318 e. The van der Waals surface area contributed by atoms with Gasteiger partial charge in [0.15, 0.2) is 0 Å². The molecule has 2 fully saturated rings. The lowest BCUT2D eigenvalue weighted by Gasteiger charge is -2.38. The minimum atomic E-state index is 0.410. The van der Waals surface area contributed by atoms with Crippen LogP contribution in [0.5, 0.6) is 0 Å². The number of H-pyrrole nitrogens is 1. The van der Waals surface area contributed by atoms with Gasteiger partial charge in [-0.3, -0.25) is 10.00 Å². The van der Waals surface area contributed by atoms with Crippen molar-refractivity contribution >= 4 is 0 Å². The maximum Gasteiger partial charge on any atom is 0.0527 e. The summed E-state index contributed by atoms with van der Waals surface area (Å²) in [6, 6.07) is 0. The fourth-order valence-corrected chi connectivity index (χ4v) is 4.76. The Hall–Kier alpha value is -0.910. The monoisotopic (exact) mass is 333 g/mol. The normalized spacial score (nSPS) is 29.6. The maximum atomic E-state index is 4.36. The van der Waals surface area contributed by atoms with Gasteiger partial charge in [-0.2, -0.15) is 5.10 Å². The van der Waals surface area contributed by atoms with Crippen molar-refractivity contribution in [3.63, 3.8) is 0 Å². The number of likely N-dealkylation sites (N-methyl/N-ethyl adjacent to an activating group) is 2. The van der Waals surface area contributed by atoms with Crippen molar-refractivity contribution in [3.05, 3.63) is 17.5 Å². The smallest absolute Gasteiger partial charge is 0.0527 e. The quantitative estimate of drug-likeness (QED) is 0.749. The van der Waals surface area contributed by atoms with Crippen molar-refractivity contribution < 1.29 is 0 Å². The van der Waals surface area contributed by atoms with Crippen LogP contribution in [0.1, 0.15) is 63.1 Å². The van der Waals surface area contributed by atoms with Crippen LogP contribution in [-0.4, -0.2) is 54.4 Å². The van der Waals surface area contributed by atoms with Crippen LogP contribution < -0.4 is 10.6 Å². The molecule has 0 radical (unpaired) electrons. The summed E-state index contributed by atoms with van der Waals surface area (Å²) in [7, 11) is 4.19. The van der Waals surface area contributed by atoms with Crippen molar-refractivity contribution in [3.8, 4) is 0 Å². The second-order valence-corrected chi connectivity index (χ2v) is 8.89. The van der Waals surface area contributed by atoms with Gasteiger partial charge in [-0.1, -0.05) is 13.8 Å². The molecule has 0 bridgehead atoms. The average Bonchev–Trinajstić information content (AvgIpc) is 3.11. The van der Waals surface area contributed by atoms with Crippen LogP contribution in [0.4, 0.5) is 0 Å². The summed E-state index contributed by atoms with van der Waals surface area (Å²) in [5.74, 6) is 0.674. The van der Waals surface area contributed by atoms with E-state index in [4.69, 9.17) is 0 Å². The lowest BCUT2D eigenvalue weighted by molar-refractivity contribution is 0.225. The van der Waals surface area contributed by atoms with E-state index in [0.717, 1.165) is 19.6 Å².